The number of rotatable bonds is 25. The summed E-state index contributed by atoms with van der Waals surface area (Å²) in [4.78, 5) is 60.9. The minimum Gasteiger partial charge on any atom is -0.492 e. The number of halogens is 2. The van der Waals surface area contributed by atoms with E-state index in [2.05, 4.69) is 17.9 Å². The van der Waals surface area contributed by atoms with Crippen molar-refractivity contribution in [3.05, 3.63) is 71.8 Å². The quantitative estimate of drug-likeness (QED) is 0.0343. The van der Waals surface area contributed by atoms with E-state index in [1.807, 2.05) is 6.92 Å². The fraction of sp³-hybridized carbons (Fsp3) is 0.463. The van der Waals surface area contributed by atoms with Gasteiger partial charge in [-0.05, 0) is 74.1 Å². The first-order valence-corrected chi connectivity index (χ1v) is 17.9. The minimum atomic E-state index is -1.60. The SMILES string of the molecule is C=C(C)C(=O)OCCCc1cc(-c2cc(F)c(OCCCCCC)c(F)c2)ccc1OCC(COC(=O)CC#N)(COC(=O)CC(=O)OC)COC(=O)C(=C)C. The fourth-order valence-electron chi connectivity index (χ4n) is 4.86. The lowest BCUT2D eigenvalue weighted by Crippen LogP contribution is -2.44. The standard InChI is InChI=1S/C41H49F2NO12/c1-7-8-9-10-17-51-38-32(42)20-31(21-33(38)43)29-13-14-34(30(19-29)12-11-18-52-39(48)27(2)3)53-23-41(24-54-35(45)15-16-44,26-56-40(49)28(4)5)25-55-37(47)22-36(46)50-6/h13-14,19-21H,2,4,7-12,15,17-18,22-26H2,1,3,5-6H3. The van der Waals surface area contributed by atoms with Crippen molar-refractivity contribution in [1.29, 1.82) is 5.26 Å². The van der Waals surface area contributed by atoms with E-state index in [-0.39, 0.29) is 48.5 Å². The second-order valence-electron chi connectivity index (χ2n) is 13.1. The van der Waals surface area contributed by atoms with Gasteiger partial charge in [-0.25, -0.2) is 18.4 Å². The summed E-state index contributed by atoms with van der Waals surface area (Å²) in [5.74, 6) is -6.24. The molecule has 0 saturated heterocycles. The molecule has 13 nitrogen and oxygen atoms in total. The van der Waals surface area contributed by atoms with Gasteiger partial charge in [0.25, 0.3) is 0 Å². The van der Waals surface area contributed by atoms with Crippen LogP contribution >= 0.6 is 0 Å². The zero-order valence-corrected chi connectivity index (χ0v) is 32.3. The maximum atomic E-state index is 15.2. The smallest absolute Gasteiger partial charge is 0.333 e. The van der Waals surface area contributed by atoms with Crippen molar-refractivity contribution >= 4 is 29.8 Å². The Morgan fingerprint density at radius 2 is 1.36 bits per heavy atom. The molecule has 15 heteroatoms. The first kappa shape index (κ1) is 46.4. The molecular weight excluding hydrogens is 736 g/mol. The number of hydrogen-bond donors (Lipinski definition) is 0. The van der Waals surface area contributed by atoms with Crippen LogP contribution in [-0.4, -0.2) is 76.6 Å². The van der Waals surface area contributed by atoms with E-state index in [1.54, 1.807) is 18.2 Å². The molecule has 2 rings (SSSR count). The molecule has 0 heterocycles. The molecule has 56 heavy (non-hydrogen) atoms. The third-order valence-electron chi connectivity index (χ3n) is 8.02. The van der Waals surface area contributed by atoms with Crippen LogP contribution in [-0.2, 0) is 54.1 Å². The summed E-state index contributed by atoms with van der Waals surface area (Å²) in [6, 6.07) is 8.66. The molecule has 1 atom stereocenters. The van der Waals surface area contributed by atoms with Gasteiger partial charge < -0.3 is 33.2 Å². The van der Waals surface area contributed by atoms with Crippen LogP contribution in [0.25, 0.3) is 11.1 Å². The molecule has 1 unspecified atom stereocenters. The number of carbonyl (C=O) groups excluding carboxylic acids is 5. The largest absolute Gasteiger partial charge is 0.492 e. The highest BCUT2D eigenvalue weighted by atomic mass is 19.1. The molecule has 2 aromatic carbocycles. The van der Waals surface area contributed by atoms with Gasteiger partial charge in [0.2, 0.25) is 0 Å². The number of unbranched alkanes of at least 4 members (excludes halogenated alkanes) is 3. The number of hydrogen-bond acceptors (Lipinski definition) is 13. The highest BCUT2D eigenvalue weighted by Gasteiger charge is 2.38. The fourth-order valence-corrected chi connectivity index (χ4v) is 4.86. The lowest BCUT2D eigenvalue weighted by atomic mass is 9.91. The van der Waals surface area contributed by atoms with Gasteiger partial charge >= 0.3 is 29.8 Å². The molecule has 0 N–H and O–H groups in total. The van der Waals surface area contributed by atoms with Crippen LogP contribution in [0, 0.1) is 28.4 Å². The average molecular weight is 786 g/mol. The van der Waals surface area contributed by atoms with Crippen LogP contribution in [0.3, 0.4) is 0 Å². The number of methoxy groups -OCH3 is 1. The highest BCUT2D eigenvalue weighted by Crippen LogP contribution is 2.34. The summed E-state index contributed by atoms with van der Waals surface area (Å²) < 4.78 is 67.7. The van der Waals surface area contributed by atoms with Gasteiger partial charge in [-0.15, -0.1) is 0 Å². The van der Waals surface area contributed by atoms with E-state index in [1.165, 1.54) is 19.9 Å². The maximum Gasteiger partial charge on any atom is 0.333 e. The molecule has 0 aliphatic heterocycles. The number of benzene rings is 2. The van der Waals surface area contributed by atoms with Crippen molar-refractivity contribution in [3.63, 3.8) is 0 Å². The van der Waals surface area contributed by atoms with Crippen molar-refractivity contribution in [2.24, 2.45) is 5.41 Å². The number of carbonyl (C=O) groups is 5. The van der Waals surface area contributed by atoms with Crippen LogP contribution in [0.4, 0.5) is 8.78 Å². The van der Waals surface area contributed by atoms with Gasteiger partial charge in [-0.1, -0.05) is 45.4 Å². The molecule has 0 radical (unpaired) electrons. The van der Waals surface area contributed by atoms with E-state index in [9.17, 15) is 24.0 Å². The minimum absolute atomic E-state index is 0.00527. The second-order valence-corrected chi connectivity index (χ2v) is 13.1. The van der Waals surface area contributed by atoms with Crippen LogP contribution in [0.1, 0.15) is 71.3 Å². The van der Waals surface area contributed by atoms with Gasteiger partial charge in [0, 0.05) is 11.1 Å². The number of esters is 5. The van der Waals surface area contributed by atoms with E-state index < -0.39 is 91.9 Å². The zero-order chi connectivity index (χ0) is 41.7. The van der Waals surface area contributed by atoms with E-state index in [0.717, 1.165) is 38.5 Å². The summed E-state index contributed by atoms with van der Waals surface area (Å²) in [7, 11) is 1.08. The van der Waals surface area contributed by atoms with Crippen molar-refractivity contribution in [3.8, 4) is 28.7 Å². The Hall–Kier alpha value is -5.78. The summed E-state index contributed by atoms with van der Waals surface area (Å²) in [6.45, 7) is 10.1. The van der Waals surface area contributed by atoms with Gasteiger partial charge in [0.05, 0.1) is 26.4 Å². The highest BCUT2D eigenvalue weighted by molar-refractivity contribution is 5.91. The number of aryl methyl sites for hydroxylation is 1. The molecule has 0 aliphatic rings. The third kappa shape index (κ3) is 15.9. The number of nitriles is 1. The van der Waals surface area contributed by atoms with Crippen LogP contribution in [0.15, 0.2) is 54.6 Å². The molecule has 0 aliphatic carbocycles. The summed E-state index contributed by atoms with van der Waals surface area (Å²) in [6.07, 6.45) is 2.65. The summed E-state index contributed by atoms with van der Waals surface area (Å²) in [5, 5.41) is 8.98. The third-order valence-corrected chi connectivity index (χ3v) is 8.02. The van der Waals surface area contributed by atoms with Gasteiger partial charge in [-0.2, -0.15) is 5.26 Å². The van der Waals surface area contributed by atoms with Crippen molar-refractivity contribution < 1.29 is 65.9 Å². The number of ether oxygens (including phenoxy) is 7. The van der Waals surface area contributed by atoms with Crippen molar-refractivity contribution in [2.75, 3.05) is 46.8 Å². The van der Waals surface area contributed by atoms with Gasteiger partial charge in [0.1, 0.15) is 50.4 Å². The lowest BCUT2D eigenvalue weighted by Gasteiger charge is -2.32. The molecule has 0 saturated carbocycles. The second kappa shape index (κ2) is 23.9. The first-order valence-electron chi connectivity index (χ1n) is 17.9. The Balaban J connectivity index is 2.53. The molecule has 0 spiro atoms. The van der Waals surface area contributed by atoms with Gasteiger partial charge in [-0.3, -0.25) is 14.4 Å². The first-order chi connectivity index (χ1) is 26.6. The predicted molar refractivity (Wildman–Crippen MR) is 198 cm³/mol. The van der Waals surface area contributed by atoms with Crippen molar-refractivity contribution in [1.82, 2.24) is 0 Å². The molecular formula is C41H49F2NO12. The molecule has 0 aromatic heterocycles. The predicted octanol–water partition coefficient (Wildman–Crippen LogP) is 6.69. The Bertz CT molecular complexity index is 1750. The Labute approximate surface area is 325 Å². The van der Waals surface area contributed by atoms with Crippen LogP contribution < -0.4 is 9.47 Å². The Morgan fingerprint density at radius 1 is 0.732 bits per heavy atom. The van der Waals surface area contributed by atoms with Crippen LogP contribution in [0.5, 0.6) is 11.5 Å². The monoisotopic (exact) mass is 785 g/mol. The normalized spacial score (nSPS) is 11.6. The Morgan fingerprint density at radius 3 is 1.96 bits per heavy atom. The summed E-state index contributed by atoms with van der Waals surface area (Å²) in [5.41, 5.74) is -0.269. The molecule has 0 amide bonds. The molecule has 0 bridgehead atoms. The van der Waals surface area contributed by atoms with Crippen molar-refractivity contribution in [2.45, 2.75) is 72.1 Å². The summed E-state index contributed by atoms with van der Waals surface area (Å²) >= 11 is 0. The average Bonchev–Trinajstić information content (AvgIpc) is 3.16. The Kier molecular flexibility index (Phi) is 19.8. The molecule has 304 valence electrons. The maximum absolute atomic E-state index is 15.2. The lowest BCUT2D eigenvalue weighted by molar-refractivity contribution is -0.164. The zero-order valence-electron chi connectivity index (χ0n) is 32.3. The van der Waals surface area contributed by atoms with E-state index in [4.69, 9.17) is 33.7 Å². The van der Waals surface area contributed by atoms with Gasteiger partial charge in [0.15, 0.2) is 17.4 Å². The van der Waals surface area contributed by atoms with E-state index in [0.29, 0.717) is 17.5 Å². The molecule has 2 aromatic rings. The number of nitrogens with zero attached hydrogens (tertiary/aromatic N) is 1. The van der Waals surface area contributed by atoms with E-state index >= 15 is 8.78 Å². The molecule has 0 fully saturated rings. The van der Waals surface area contributed by atoms with Crippen LogP contribution in [0.2, 0.25) is 0 Å². The topological polar surface area (TPSA) is 174 Å².